The van der Waals surface area contributed by atoms with Gasteiger partial charge in [0, 0.05) is 28.8 Å². The van der Waals surface area contributed by atoms with Crippen LogP contribution in [0, 0.1) is 0 Å². The maximum atomic E-state index is 13.6. The lowest BCUT2D eigenvalue weighted by molar-refractivity contribution is -0.117. The second-order valence-corrected chi connectivity index (χ2v) is 10.6. The second-order valence-electron chi connectivity index (χ2n) is 7.31. The highest BCUT2D eigenvalue weighted by Gasteiger charge is 2.40. The van der Waals surface area contributed by atoms with E-state index < -0.39 is 10.0 Å². The molecule has 3 aliphatic rings. The Bertz CT molecular complexity index is 1060. The molecule has 0 bridgehead atoms. The number of rotatable bonds is 2. The zero-order valence-electron chi connectivity index (χ0n) is 15.0. The highest BCUT2D eigenvalue weighted by Crippen LogP contribution is 2.47. The van der Waals surface area contributed by atoms with Crippen LogP contribution in [0.15, 0.2) is 46.2 Å². The molecular formula is C20H20N2O3S2. The van der Waals surface area contributed by atoms with E-state index in [1.165, 1.54) is 4.31 Å². The van der Waals surface area contributed by atoms with Gasteiger partial charge >= 0.3 is 0 Å². The summed E-state index contributed by atoms with van der Waals surface area (Å²) in [4.78, 5) is 15.6. The van der Waals surface area contributed by atoms with Crippen molar-refractivity contribution in [1.29, 1.82) is 0 Å². The molecule has 5 rings (SSSR count). The van der Waals surface area contributed by atoms with E-state index in [-0.39, 0.29) is 17.2 Å². The monoisotopic (exact) mass is 400 g/mol. The number of carbonyl (C=O) groups excluding carboxylic acids is 1. The van der Waals surface area contributed by atoms with Crippen molar-refractivity contribution < 1.29 is 13.2 Å². The van der Waals surface area contributed by atoms with Crippen molar-refractivity contribution >= 4 is 39.1 Å². The van der Waals surface area contributed by atoms with Gasteiger partial charge in [0.25, 0.3) is 10.0 Å². The van der Waals surface area contributed by atoms with Gasteiger partial charge in [0.05, 0.1) is 22.7 Å². The van der Waals surface area contributed by atoms with Crippen LogP contribution in [0.3, 0.4) is 0 Å². The average Bonchev–Trinajstić information content (AvgIpc) is 2.98. The number of nitrogens with zero attached hydrogens (tertiary/aromatic N) is 2. The molecule has 0 spiro atoms. The van der Waals surface area contributed by atoms with Gasteiger partial charge in [-0.15, -0.1) is 11.8 Å². The third-order valence-electron chi connectivity index (χ3n) is 5.51. The quantitative estimate of drug-likeness (QED) is 0.777. The molecule has 140 valence electrons. The largest absolute Gasteiger partial charge is 0.310 e. The van der Waals surface area contributed by atoms with Crippen molar-refractivity contribution in [2.75, 3.05) is 22.3 Å². The molecule has 0 saturated carbocycles. The van der Waals surface area contributed by atoms with Crippen molar-refractivity contribution in [2.24, 2.45) is 0 Å². The number of aryl methyl sites for hydroxylation is 1. The lowest BCUT2D eigenvalue weighted by Gasteiger charge is -2.32. The maximum Gasteiger partial charge on any atom is 0.264 e. The van der Waals surface area contributed by atoms with E-state index >= 15 is 0 Å². The number of hydrogen-bond acceptors (Lipinski definition) is 4. The fourth-order valence-electron chi connectivity index (χ4n) is 4.34. The van der Waals surface area contributed by atoms with E-state index in [1.54, 1.807) is 22.7 Å². The molecule has 3 heterocycles. The van der Waals surface area contributed by atoms with Crippen LogP contribution in [-0.2, 0) is 27.7 Å². The number of benzene rings is 2. The Kier molecular flexibility index (Phi) is 3.81. The number of carbonyl (C=O) groups is 1. The zero-order chi connectivity index (χ0) is 18.8. The molecule has 0 unspecified atom stereocenters. The van der Waals surface area contributed by atoms with Crippen molar-refractivity contribution in [3.63, 3.8) is 0 Å². The minimum atomic E-state index is -3.72. The van der Waals surface area contributed by atoms with Gasteiger partial charge in [0.1, 0.15) is 0 Å². The van der Waals surface area contributed by atoms with Gasteiger partial charge in [-0.3, -0.25) is 9.10 Å². The Hall–Kier alpha value is -1.99. The number of anilines is 2. The molecule has 0 fully saturated rings. The molecule has 7 heteroatoms. The fourth-order valence-corrected chi connectivity index (χ4v) is 7.26. The molecule has 0 aliphatic carbocycles. The minimum Gasteiger partial charge on any atom is -0.310 e. The van der Waals surface area contributed by atoms with Gasteiger partial charge in [-0.25, -0.2) is 8.42 Å². The Labute approximate surface area is 163 Å². The van der Waals surface area contributed by atoms with Gasteiger partial charge in [0.2, 0.25) is 5.91 Å². The standard InChI is InChI=1S/C20H20N2O3S2/c1-13-12-21-19(23)11-15-18(9-8-17(26-13)20(15)21)27(24,25)22-10-4-6-14-5-2-3-7-16(14)22/h2-3,5,7-9,13H,4,6,10-12H2,1H3/t13-/m1/s1. The third-order valence-corrected chi connectivity index (χ3v) is 8.54. The number of sulfonamides is 1. The molecule has 0 saturated heterocycles. The molecule has 0 N–H and O–H groups in total. The first-order valence-electron chi connectivity index (χ1n) is 9.20. The number of amides is 1. The predicted molar refractivity (Wildman–Crippen MR) is 107 cm³/mol. The minimum absolute atomic E-state index is 0.0000873. The summed E-state index contributed by atoms with van der Waals surface area (Å²) in [5.41, 5.74) is 3.30. The van der Waals surface area contributed by atoms with Crippen LogP contribution >= 0.6 is 11.8 Å². The molecule has 2 aromatic carbocycles. The summed E-state index contributed by atoms with van der Waals surface area (Å²) in [5, 5.41) is 0.309. The number of thioether (sulfide) groups is 1. The van der Waals surface area contributed by atoms with E-state index in [0.29, 0.717) is 23.9 Å². The lowest BCUT2D eigenvalue weighted by atomic mass is 10.0. The summed E-state index contributed by atoms with van der Waals surface area (Å²) < 4.78 is 28.7. The predicted octanol–water partition coefficient (Wildman–Crippen LogP) is 3.21. The smallest absolute Gasteiger partial charge is 0.264 e. The fraction of sp³-hybridized carbons (Fsp3) is 0.350. The Balaban J connectivity index is 1.66. The van der Waals surface area contributed by atoms with Gasteiger partial charge < -0.3 is 4.90 Å². The summed E-state index contributed by atoms with van der Waals surface area (Å²) >= 11 is 1.71. The van der Waals surface area contributed by atoms with Crippen LogP contribution in [0.1, 0.15) is 24.5 Å². The van der Waals surface area contributed by atoms with Crippen molar-refractivity contribution in [3.8, 4) is 0 Å². The SMILES string of the molecule is C[C@@H]1CN2C(=O)Cc3c(S(=O)(=O)N4CCCc5ccccc54)ccc(c32)S1. The van der Waals surface area contributed by atoms with Crippen LogP contribution in [0.4, 0.5) is 11.4 Å². The Morgan fingerprint density at radius 1 is 1.15 bits per heavy atom. The van der Waals surface area contributed by atoms with Gasteiger partial charge in [-0.2, -0.15) is 0 Å². The van der Waals surface area contributed by atoms with Crippen molar-refractivity contribution in [1.82, 2.24) is 0 Å². The van der Waals surface area contributed by atoms with E-state index in [9.17, 15) is 13.2 Å². The second kappa shape index (κ2) is 6.01. The molecule has 3 aliphatic heterocycles. The molecule has 0 aromatic heterocycles. The Morgan fingerprint density at radius 3 is 2.81 bits per heavy atom. The first-order chi connectivity index (χ1) is 13.0. The van der Waals surface area contributed by atoms with Gasteiger partial charge in [-0.05, 0) is 36.6 Å². The first-order valence-corrected chi connectivity index (χ1v) is 11.5. The third kappa shape index (κ3) is 2.51. The van der Waals surface area contributed by atoms with Crippen LogP contribution in [-0.4, -0.2) is 32.7 Å². The van der Waals surface area contributed by atoms with E-state index in [1.807, 2.05) is 30.3 Å². The first kappa shape index (κ1) is 17.1. The molecule has 0 radical (unpaired) electrons. The topological polar surface area (TPSA) is 57.7 Å². The highest BCUT2D eigenvalue weighted by molar-refractivity contribution is 8.00. The number of fused-ring (bicyclic) bond motifs is 1. The molecule has 2 aromatic rings. The molecule has 5 nitrogen and oxygen atoms in total. The van der Waals surface area contributed by atoms with Crippen molar-refractivity contribution in [3.05, 3.63) is 47.5 Å². The molecule has 1 atom stereocenters. The van der Waals surface area contributed by atoms with Crippen LogP contribution < -0.4 is 9.21 Å². The summed E-state index contributed by atoms with van der Waals surface area (Å²) in [6, 6.07) is 11.3. The molecule has 1 amide bonds. The maximum absolute atomic E-state index is 13.6. The average molecular weight is 401 g/mol. The normalized spacial score (nSPS) is 21.2. The molecular weight excluding hydrogens is 380 g/mol. The lowest BCUT2D eigenvalue weighted by Crippen LogP contribution is -2.36. The summed E-state index contributed by atoms with van der Waals surface area (Å²) in [6.07, 6.45) is 1.86. The van der Waals surface area contributed by atoms with Gasteiger partial charge in [0.15, 0.2) is 0 Å². The van der Waals surface area contributed by atoms with E-state index in [0.717, 1.165) is 34.7 Å². The summed E-state index contributed by atoms with van der Waals surface area (Å²) in [5.74, 6) is 0.0000873. The summed E-state index contributed by atoms with van der Waals surface area (Å²) in [6.45, 7) is 3.20. The highest BCUT2D eigenvalue weighted by atomic mass is 32.2. The van der Waals surface area contributed by atoms with Crippen LogP contribution in [0.5, 0.6) is 0 Å². The van der Waals surface area contributed by atoms with Gasteiger partial charge in [-0.1, -0.05) is 25.1 Å². The van der Waals surface area contributed by atoms with Crippen molar-refractivity contribution in [2.45, 2.75) is 41.2 Å². The van der Waals surface area contributed by atoms with Crippen LogP contribution in [0.2, 0.25) is 0 Å². The number of hydrogen-bond donors (Lipinski definition) is 0. The van der Waals surface area contributed by atoms with Crippen LogP contribution in [0.25, 0.3) is 0 Å². The number of para-hydroxylation sites is 1. The molecule has 27 heavy (non-hydrogen) atoms. The zero-order valence-corrected chi connectivity index (χ0v) is 16.6. The Morgan fingerprint density at radius 2 is 1.96 bits per heavy atom. The van der Waals surface area contributed by atoms with E-state index in [2.05, 4.69) is 6.92 Å². The van der Waals surface area contributed by atoms with E-state index in [4.69, 9.17) is 0 Å². The summed E-state index contributed by atoms with van der Waals surface area (Å²) in [7, 11) is -3.72.